The number of pyridine rings is 1. The van der Waals surface area contributed by atoms with E-state index in [-0.39, 0.29) is 0 Å². The van der Waals surface area contributed by atoms with Gasteiger partial charge in [-0.25, -0.2) is 0 Å². The maximum absolute atomic E-state index is 8.70. The molecule has 0 bridgehead atoms. The molecule has 0 amide bonds. The van der Waals surface area contributed by atoms with E-state index < -0.39 is 16.5 Å². The Morgan fingerprint density at radius 2 is 1.07 bits per heavy atom. The minimum atomic E-state index is -2.87. The highest BCUT2D eigenvalue weighted by molar-refractivity contribution is 7.31. The molecule has 0 saturated carbocycles. The Bertz CT molecular complexity index is 209. The van der Waals surface area contributed by atoms with Crippen LogP contribution in [0.15, 0.2) is 30.6 Å². The third-order valence-electron chi connectivity index (χ3n) is 0.566. The van der Waals surface area contributed by atoms with Gasteiger partial charge in [0.2, 0.25) is 0 Å². The van der Waals surface area contributed by atoms with Gasteiger partial charge in [0.05, 0.1) is 0 Å². The Morgan fingerprint density at radius 3 is 1.14 bits per heavy atom. The Balaban J connectivity index is 0. The average Bonchev–Trinajstić information content (AvgIpc) is 2.05. The van der Waals surface area contributed by atoms with E-state index >= 15 is 0 Å². The van der Waals surface area contributed by atoms with Crippen LogP contribution in [0.2, 0.25) is 0 Å². The fraction of sp³-hybridized carbons (Fsp3) is 0. The minimum Gasteiger partial charge on any atom is -0.265 e. The zero-order valence-electron chi connectivity index (χ0n) is 6.83. The first-order chi connectivity index (χ1) is 6.46. The van der Waals surface area contributed by atoms with Gasteiger partial charge in [-0.1, -0.05) is 6.07 Å². The lowest BCUT2D eigenvalue weighted by Gasteiger charge is -1.70. The lowest BCUT2D eigenvalue weighted by molar-refractivity contribution is 0.403. The Kier molecular flexibility index (Phi) is 13.6. The van der Waals surface area contributed by atoms with Gasteiger partial charge in [-0.3, -0.25) is 4.98 Å². The quantitative estimate of drug-likeness (QED) is 0.482. The number of hydrogen-bond acceptors (Lipinski definition) is 3. The van der Waals surface area contributed by atoms with E-state index in [1.54, 1.807) is 12.4 Å². The predicted octanol–water partition coefficient (Wildman–Crippen LogP) is 0.338. The summed E-state index contributed by atoms with van der Waals surface area (Å²) in [7, 11) is -5.74. The average molecular weight is 241 g/mol. The molecule has 0 spiro atoms. The molecular weight excluding hydrogens is 232 g/mol. The topological polar surface area (TPSA) is 128 Å². The first-order valence-corrected chi connectivity index (χ1v) is 5.35. The van der Waals surface area contributed by atoms with Gasteiger partial charge < -0.3 is 0 Å². The van der Waals surface area contributed by atoms with Gasteiger partial charge in [0.15, 0.2) is 0 Å². The van der Waals surface area contributed by atoms with Crippen molar-refractivity contribution in [1.29, 1.82) is 0 Å². The van der Waals surface area contributed by atoms with Crippen LogP contribution in [0.5, 0.6) is 0 Å². The summed E-state index contributed by atoms with van der Waals surface area (Å²) in [5.41, 5.74) is 0. The lowest BCUT2D eigenvalue weighted by atomic mass is 10.5. The maximum atomic E-state index is 8.70. The van der Waals surface area contributed by atoms with Gasteiger partial charge in [-0.15, -0.1) is 19.6 Å². The summed E-state index contributed by atoms with van der Waals surface area (Å²) in [4.78, 5) is 32.3. The lowest BCUT2D eigenvalue weighted by Crippen LogP contribution is -1.58. The molecule has 0 radical (unpaired) electrons. The molecule has 78 valence electrons. The molecule has 0 aliphatic carbocycles. The van der Waals surface area contributed by atoms with Crippen LogP contribution in [0.4, 0.5) is 0 Å². The number of nitrogens with zero attached hydrogens (tertiary/aromatic N) is 1. The van der Waals surface area contributed by atoms with Crippen molar-refractivity contribution in [3.63, 3.8) is 0 Å². The standard InChI is InChI=1S/C5H5N.2HO3P/c1-2-4-6-5-3-1;2*1-4(2)3/h1-5H;2*(H-,1,2,3)/p+2. The maximum Gasteiger partial charge on any atom is 0.692 e. The summed E-state index contributed by atoms with van der Waals surface area (Å²) in [5, 5.41) is 0. The number of aromatic nitrogens is 1. The molecule has 9 heteroatoms. The molecule has 0 unspecified atom stereocenters. The fourth-order valence-corrected chi connectivity index (χ4v) is 0.313. The molecule has 0 fully saturated rings. The second kappa shape index (κ2) is 12.2. The van der Waals surface area contributed by atoms with Crippen molar-refractivity contribution in [3.05, 3.63) is 30.6 Å². The van der Waals surface area contributed by atoms with E-state index in [0.717, 1.165) is 0 Å². The SMILES string of the molecule is O=[P+](O)O.O=[P+](O)O.c1ccncc1. The van der Waals surface area contributed by atoms with E-state index in [0.29, 0.717) is 0 Å². The molecule has 0 atom stereocenters. The molecule has 1 heterocycles. The van der Waals surface area contributed by atoms with Crippen LogP contribution in [0, 0.1) is 0 Å². The van der Waals surface area contributed by atoms with Gasteiger partial charge in [0.25, 0.3) is 0 Å². The zero-order chi connectivity index (χ0) is 11.4. The summed E-state index contributed by atoms with van der Waals surface area (Å²) in [6.45, 7) is 0. The highest BCUT2D eigenvalue weighted by Crippen LogP contribution is 1.98. The molecule has 7 nitrogen and oxygen atoms in total. The molecule has 1 rings (SSSR count). The smallest absolute Gasteiger partial charge is 0.265 e. The van der Waals surface area contributed by atoms with E-state index in [1.807, 2.05) is 18.2 Å². The number of rotatable bonds is 0. The van der Waals surface area contributed by atoms with Crippen LogP contribution in [0.25, 0.3) is 0 Å². The van der Waals surface area contributed by atoms with Crippen molar-refractivity contribution >= 4 is 16.5 Å². The molecule has 14 heavy (non-hydrogen) atoms. The summed E-state index contributed by atoms with van der Waals surface area (Å²) in [6.07, 6.45) is 3.50. The third kappa shape index (κ3) is 43.1. The van der Waals surface area contributed by atoms with Crippen LogP contribution < -0.4 is 0 Å². The van der Waals surface area contributed by atoms with Crippen LogP contribution in [-0.4, -0.2) is 24.6 Å². The summed E-state index contributed by atoms with van der Waals surface area (Å²) >= 11 is 0. The van der Waals surface area contributed by atoms with E-state index in [2.05, 4.69) is 4.98 Å². The summed E-state index contributed by atoms with van der Waals surface area (Å²) < 4.78 is 17.4. The van der Waals surface area contributed by atoms with E-state index in [4.69, 9.17) is 28.7 Å². The molecule has 1 aromatic heterocycles. The fourth-order valence-electron chi connectivity index (χ4n) is 0.313. The summed E-state index contributed by atoms with van der Waals surface area (Å²) in [5.74, 6) is 0. The zero-order valence-corrected chi connectivity index (χ0v) is 8.62. The van der Waals surface area contributed by atoms with Crippen LogP contribution in [0.3, 0.4) is 0 Å². The van der Waals surface area contributed by atoms with Crippen molar-refractivity contribution in [3.8, 4) is 0 Å². The van der Waals surface area contributed by atoms with E-state index in [1.165, 1.54) is 0 Å². The predicted molar refractivity (Wildman–Crippen MR) is 48.3 cm³/mol. The molecule has 0 aliphatic rings. The minimum absolute atomic E-state index is 1.75. The van der Waals surface area contributed by atoms with Gasteiger partial charge >= 0.3 is 16.5 Å². The number of hydrogen-bond donors (Lipinski definition) is 4. The highest BCUT2D eigenvalue weighted by atomic mass is 31.1. The Hall–Kier alpha value is -0.810. The highest BCUT2D eigenvalue weighted by Gasteiger charge is 1.93. The van der Waals surface area contributed by atoms with Gasteiger partial charge in [-0.05, 0) is 12.1 Å². The second-order valence-electron chi connectivity index (χ2n) is 1.53. The first-order valence-electron chi connectivity index (χ1n) is 3.01. The summed E-state index contributed by atoms with van der Waals surface area (Å²) in [6, 6.07) is 5.72. The van der Waals surface area contributed by atoms with Crippen molar-refractivity contribution in [2.24, 2.45) is 0 Å². The van der Waals surface area contributed by atoms with Crippen molar-refractivity contribution < 1.29 is 28.7 Å². The molecule has 0 aromatic carbocycles. The normalized spacial score (nSPS) is 7.14. The molecule has 4 N–H and O–H groups in total. The molecule has 0 aliphatic heterocycles. The van der Waals surface area contributed by atoms with Crippen LogP contribution in [-0.2, 0) is 9.13 Å². The molecular formula is C5H9NO6P2+2. The molecule has 0 saturated heterocycles. The monoisotopic (exact) mass is 241 g/mol. The van der Waals surface area contributed by atoms with Crippen LogP contribution >= 0.6 is 16.5 Å². The van der Waals surface area contributed by atoms with Gasteiger partial charge in [0.1, 0.15) is 0 Å². The second-order valence-corrected chi connectivity index (χ2v) is 2.54. The van der Waals surface area contributed by atoms with Crippen molar-refractivity contribution in [2.75, 3.05) is 0 Å². The Morgan fingerprint density at radius 1 is 0.786 bits per heavy atom. The van der Waals surface area contributed by atoms with Gasteiger partial charge in [0, 0.05) is 21.5 Å². The van der Waals surface area contributed by atoms with Gasteiger partial charge in [-0.2, -0.15) is 0 Å². The molecule has 1 aromatic rings. The largest absolute Gasteiger partial charge is 0.692 e. The van der Waals surface area contributed by atoms with Crippen LogP contribution in [0.1, 0.15) is 0 Å². The third-order valence-corrected chi connectivity index (χ3v) is 0.566. The van der Waals surface area contributed by atoms with Crippen molar-refractivity contribution in [2.45, 2.75) is 0 Å². The first kappa shape index (κ1) is 15.7. The van der Waals surface area contributed by atoms with E-state index in [9.17, 15) is 0 Å². The van der Waals surface area contributed by atoms with Crippen molar-refractivity contribution in [1.82, 2.24) is 4.98 Å². The Labute approximate surface area is 81.6 Å².